The molecule has 5 nitrogen and oxygen atoms in total. The van der Waals surface area contributed by atoms with Crippen molar-refractivity contribution in [3.8, 4) is 0 Å². The Morgan fingerprint density at radius 3 is 2.86 bits per heavy atom. The summed E-state index contributed by atoms with van der Waals surface area (Å²) in [4.78, 5) is 11.4. The molecule has 0 bridgehead atoms. The van der Waals surface area contributed by atoms with Gasteiger partial charge >= 0.3 is 0 Å². The minimum atomic E-state index is 0.0789. The molecule has 0 atom stereocenters. The topological polar surface area (TPSA) is 76.7 Å². The van der Waals surface area contributed by atoms with Gasteiger partial charge in [0.05, 0.1) is 5.69 Å². The molecule has 2 heterocycles. The average Bonchev–Trinajstić information content (AvgIpc) is 2.54. The molecule has 0 unspecified atom stereocenters. The van der Waals surface area contributed by atoms with Crippen molar-refractivity contribution in [2.24, 2.45) is 0 Å². The largest absolute Gasteiger partial charge is 0.368 e. The molecule has 0 saturated heterocycles. The average molecular weight is 228 g/mol. The Morgan fingerprint density at radius 2 is 2.21 bits per heavy atom. The molecule has 0 radical (unpaired) electrons. The van der Waals surface area contributed by atoms with Gasteiger partial charge in [0, 0.05) is 5.38 Å². The molecule has 0 aromatic carbocycles. The van der Waals surface area contributed by atoms with Gasteiger partial charge in [0.2, 0.25) is 17.2 Å². The zero-order chi connectivity index (χ0) is 9.97. The van der Waals surface area contributed by atoms with E-state index in [4.69, 9.17) is 17.3 Å². The fourth-order valence-corrected chi connectivity index (χ4v) is 1.64. The lowest BCUT2D eigenvalue weighted by molar-refractivity contribution is 1.07. The molecule has 0 aliphatic rings. The van der Waals surface area contributed by atoms with E-state index in [0.717, 1.165) is 5.69 Å². The molecule has 0 fully saturated rings. The minimum absolute atomic E-state index is 0.0789. The summed E-state index contributed by atoms with van der Waals surface area (Å²) in [6.45, 7) is 0. The number of nitrogen functional groups attached to an aromatic ring is 1. The first-order chi connectivity index (χ1) is 6.74. The fourth-order valence-electron chi connectivity index (χ4n) is 0.886. The van der Waals surface area contributed by atoms with E-state index in [-0.39, 0.29) is 11.2 Å². The Kier molecular flexibility index (Phi) is 2.47. The molecular weight excluding hydrogens is 222 g/mol. The maximum absolute atomic E-state index is 5.61. The van der Waals surface area contributed by atoms with Crippen molar-refractivity contribution in [2.45, 2.75) is 0 Å². The Balaban J connectivity index is 2.25. The van der Waals surface area contributed by atoms with E-state index in [1.807, 2.05) is 16.8 Å². The Hall–Kier alpha value is -1.40. The molecular formula is C7H6ClN5S. The molecule has 0 saturated carbocycles. The van der Waals surface area contributed by atoms with Crippen LogP contribution in [0.2, 0.25) is 5.28 Å². The van der Waals surface area contributed by atoms with Crippen molar-refractivity contribution in [1.82, 2.24) is 15.0 Å². The molecule has 14 heavy (non-hydrogen) atoms. The highest BCUT2D eigenvalue weighted by Gasteiger charge is 2.02. The lowest BCUT2D eigenvalue weighted by Crippen LogP contribution is -2.02. The molecule has 0 spiro atoms. The molecule has 0 aliphatic carbocycles. The fraction of sp³-hybridized carbons (Fsp3) is 0. The Labute approximate surface area is 89.0 Å². The molecule has 3 N–H and O–H groups in total. The van der Waals surface area contributed by atoms with Crippen molar-refractivity contribution in [3.63, 3.8) is 0 Å². The number of nitrogens with one attached hydrogen (secondary N) is 1. The normalized spacial score (nSPS) is 10.1. The third-order valence-electron chi connectivity index (χ3n) is 1.40. The smallest absolute Gasteiger partial charge is 0.233 e. The third kappa shape index (κ3) is 2.09. The van der Waals surface area contributed by atoms with Crippen LogP contribution in [0, 0.1) is 0 Å². The summed E-state index contributed by atoms with van der Waals surface area (Å²) in [5, 5.41) is 6.89. The molecule has 2 aromatic rings. The third-order valence-corrected chi connectivity index (χ3v) is 2.25. The molecule has 2 aromatic heterocycles. The lowest BCUT2D eigenvalue weighted by atomic mass is 10.5. The molecule has 0 amide bonds. The first-order valence-corrected chi connectivity index (χ1v) is 5.02. The number of thiophene rings is 1. The van der Waals surface area contributed by atoms with Crippen LogP contribution in [0.5, 0.6) is 0 Å². The standard InChI is InChI=1S/C7H6ClN5S/c8-5-11-6(9)13-7(12-5)10-4-1-2-14-3-4/h1-3H,(H3,9,10,11,12,13). The maximum atomic E-state index is 5.61. The van der Waals surface area contributed by atoms with Gasteiger partial charge in [0.25, 0.3) is 0 Å². The van der Waals surface area contributed by atoms with Crippen LogP contribution in [-0.2, 0) is 0 Å². The van der Waals surface area contributed by atoms with Gasteiger partial charge < -0.3 is 11.1 Å². The van der Waals surface area contributed by atoms with Gasteiger partial charge in [-0.25, -0.2) is 0 Å². The van der Waals surface area contributed by atoms with Crippen LogP contribution in [0.3, 0.4) is 0 Å². The first-order valence-electron chi connectivity index (χ1n) is 3.70. The highest BCUT2D eigenvalue weighted by atomic mass is 35.5. The van der Waals surface area contributed by atoms with Crippen LogP contribution in [0.25, 0.3) is 0 Å². The number of halogens is 1. The van der Waals surface area contributed by atoms with Crippen LogP contribution >= 0.6 is 22.9 Å². The predicted molar refractivity (Wildman–Crippen MR) is 56.9 cm³/mol. The van der Waals surface area contributed by atoms with Gasteiger partial charge in [-0.1, -0.05) is 0 Å². The second-order valence-corrected chi connectivity index (χ2v) is 3.54. The summed E-state index contributed by atoms with van der Waals surface area (Å²) in [5.74, 6) is 0.448. The summed E-state index contributed by atoms with van der Waals surface area (Å²) < 4.78 is 0. The van der Waals surface area contributed by atoms with E-state index in [0.29, 0.717) is 5.95 Å². The van der Waals surface area contributed by atoms with Gasteiger partial charge in [0.1, 0.15) is 0 Å². The monoisotopic (exact) mass is 227 g/mol. The number of nitrogens with zero attached hydrogens (tertiary/aromatic N) is 3. The highest BCUT2D eigenvalue weighted by molar-refractivity contribution is 7.08. The van der Waals surface area contributed by atoms with E-state index >= 15 is 0 Å². The summed E-state index contributed by atoms with van der Waals surface area (Å²) in [5.41, 5.74) is 6.30. The van der Waals surface area contributed by atoms with Crippen molar-refractivity contribution in [3.05, 3.63) is 22.1 Å². The lowest BCUT2D eigenvalue weighted by Gasteiger charge is -2.01. The molecule has 2 rings (SSSR count). The zero-order valence-corrected chi connectivity index (χ0v) is 8.51. The van der Waals surface area contributed by atoms with Crippen LogP contribution in [0.4, 0.5) is 17.6 Å². The van der Waals surface area contributed by atoms with Crippen LogP contribution in [0.15, 0.2) is 16.8 Å². The number of aromatic nitrogens is 3. The summed E-state index contributed by atoms with van der Waals surface area (Å²) in [7, 11) is 0. The van der Waals surface area contributed by atoms with Crippen molar-refractivity contribution in [1.29, 1.82) is 0 Å². The second-order valence-electron chi connectivity index (χ2n) is 2.42. The van der Waals surface area contributed by atoms with Gasteiger partial charge in [-0.15, -0.1) is 0 Å². The quantitative estimate of drug-likeness (QED) is 0.820. The predicted octanol–water partition coefficient (Wildman–Crippen LogP) is 1.91. The van der Waals surface area contributed by atoms with E-state index < -0.39 is 0 Å². The second kappa shape index (κ2) is 3.77. The number of hydrogen-bond donors (Lipinski definition) is 2. The number of anilines is 3. The summed E-state index contributed by atoms with van der Waals surface area (Å²) in [6.07, 6.45) is 0. The van der Waals surface area contributed by atoms with E-state index in [1.54, 1.807) is 11.3 Å². The zero-order valence-electron chi connectivity index (χ0n) is 6.94. The molecule has 72 valence electrons. The molecule has 0 aliphatic heterocycles. The SMILES string of the molecule is Nc1nc(Cl)nc(Nc2ccsc2)n1. The van der Waals surface area contributed by atoms with E-state index in [1.165, 1.54) is 0 Å². The van der Waals surface area contributed by atoms with Crippen molar-refractivity contribution >= 4 is 40.5 Å². The number of hydrogen-bond acceptors (Lipinski definition) is 6. The van der Waals surface area contributed by atoms with Gasteiger partial charge in [-0.3, -0.25) is 0 Å². The Morgan fingerprint density at radius 1 is 1.36 bits per heavy atom. The summed E-state index contributed by atoms with van der Waals surface area (Å²) >= 11 is 7.18. The maximum Gasteiger partial charge on any atom is 0.233 e. The number of nitrogens with two attached hydrogens (primary N) is 1. The van der Waals surface area contributed by atoms with Crippen LogP contribution in [-0.4, -0.2) is 15.0 Å². The van der Waals surface area contributed by atoms with Crippen molar-refractivity contribution in [2.75, 3.05) is 11.1 Å². The minimum Gasteiger partial charge on any atom is -0.368 e. The van der Waals surface area contributed by atoms with Crippen LogP contribution < -0.4 is 11.1 Å². The van der Waals surface area contributed by atoms with Crippen molar-refractivity contribution < 1.29 is 0 Å². The summed E-state index contributed by atoms with van der Waals surface area (Å²) in [6, 6.07) is 1.90. The number of rotatable bonds is 2. The van der Waals surface area contributed by atoms with E-state index in [2.05, 4.69) is 20.3 Å². The Bertz CT molecular complexity index is 409. The van der Waals surface area contributed by atoms with Gasteiger partial charge in [-0.05, 0) is 23.0 Å². The van der Waals surface area contributed by atoms with E-state index in [9.17, 15) is 0 Å². The molecule has 7 heteroatoms. The first kappa shape index (κ1) is 9.17. The highest BCUT2D eigenvalue weighted by Crippen LogP contribution is 2.17. The van der Waals surface area contributed by atoms with Gasteiger partial charge in [-0.2, -0.15) is 26.3 Å². The van der Waals surface area contributed by atoms with Crippen LogP contribution in [0.1, 0.15) is 0 Å². The van der Waals surface area contributed by atoms with Gasteiger partial charge in [0.15, 0.2) is 0 Å².